The molecule has 0 radical (unpaired) electrons. The molecule has 0 aromatic heterocycles. The average Bonchev–Trinajstić information content (AvgIpc) is 3.15. The van der Waals surface area contributed by atoms with Gasteiger partial charge in [-0.25, -0.2) is 9.29 Å². The van der Waals surface area contributed by atoms with Gasteiger partial charge in [0.05, 0.1) is 24.0 Å². The number of halogens is 1. The van der Waals surface area contributed by atoms with E-state index in [1.165, 1.54) is 17.0 Å². The highest BCUT2D eigenvalue weighted by molar-refractivity contribution is 6.06. The average molecular weight is 371 g/mol. The zero-order valence-electron chi connectivity index (χ0n) is 14.5. The minimum Gasteiger partial charge on any atom is -0.475 e. The first kappa shape index (κ1) is 16.5. The van der Waals surface area contributed by atoms with Crippen molar-refractivity contribution in [3.05, 3.63) is 17.9 Å². The predicted octanol–water partition coefficient (Wildman–Crippen LogP) is 0.804. The van der Waals surface area contributed by atoms with Gasteiger partial charge in [0.25, 0.3) is 5.91 Å². The first-order valence-corrected chi connectivity index (χ1v) is 9.02. The Labute approximate surface area is 155 Å². The number of anilines is 2. The van der Waals surface area contributed by atoms with Crippen LogP contribution in [0, 0.1) is 18.2 Å². The Morgan fingerprint density at radius 1 is 1.33 bits per heavy atom. The number of terminal acetylenes is 1. The van der Waals surface area contributed by atoms with E-state index in [1.807, 2.05) is 0 Å². The molecule has 140 valence electrons. The zero-order chi connectivity index (χ0) is 18.9. The molecule has 2 unspecified atom stereocenters. The first-order chi connectivity index (χ1) is 13.0. The van der Waals surface area contributed by atoms with Crippen LogP contribution in [0.25, 0.3) is 0 Å². The Bertz CT molecular complexity index is 907. The van der Waals surface area contributed by atoms with E-state index in [4.69, 9.17) is 11.2 Å². The van der Waals surface area contributed by atoms with E-state index >= 15 is 0 Å². The van der Waals surface area contributed by atoms with E-state index in [9.17, 15) is 19.1 Å². The maximum absolute atomic E-state index is 14.9. The summed E-state index contributed by atoms with van der Waals surface area (Å²) in [5.74, 6) is 1.39. The van der Waals surface area contributed by atoms with Gasteiger partial charge in [-0.1, -0.05) is 5.92 Å². The Morgan fingerprint density at radius 3 is 2.78 bits per heavy atom. The molecule has 7 nitrogen and oxygen atoms in total. The lowest BCUT2D eigenvalue weighted by Gasteiger charge is -2.35. The minimum atomic E-state index is -1.23. The molecule has 1 aromatic rings. The van der Waals surface area contributed by atoms with E-state index in [0.717, 1.165) is 11.3 Å². The third-order valence-corrected chi connectivity index (χ3v) is 5.82. The fourth-order valence-corrected chi connectivity index (χ4v) is 4.29. The molecule has 5 rings (SSSR count). The van der Waals surface area contributed by atoms with Crippen molar-refractivity contribution in [1.82, 2.24) is 4.90 Å². The maximum atomic E-state index is 14.9. The predicted molar refractivity (Wildman–Crippen MR) is 93.4 cm³/mol. The summed E-state index contributed by atoms with van der Waals surface area (Å²) in [6.07, 6.45) is 6.76. The third-order valence-electron chi connectivity index (χ3n) is 5.82. The van der Waals surface area contributed by atoms with Crippen LogP contribution < -0.4 is 14.5 Å². The topological polar surface area (TPSA) is 73.3 Å². The Kier molecular flexibility index (Phi) is 3.33. The molecule has 3 heterocycles. The summed E-state index contributed by atoms with van der Waals surface area (Å²) in [5, 5.41) is 10.5. The molecule has 3 fully saturated rings. The fourth-order valence-electron chi connectivity index (χ4n) is 4.29. The molecule has 0 bridgehead atoms. The van der Waals surface area contributed by atoms with E-state index in [0.29, 0.717) is 31.5 Å². The SMILES string of the molecule is C#CCN1C(=O)C2(CC2)Oc2cc(F)c(N3C(=O)C4CCCN4C3O)cc21. The van der Waals surface area contributed by atoms with Gasteiger partial charge in [-0.2, -0.15) is 0 Å². The van der Waals surface area contributed by atoms with Crippen molar-refractivity contribution in [1.29, 1.82) is 0 Å². The number of aliphatic hydroxyl groups is 1. The van der Waals surface area contributed by atoms with Crippen molar-refractivity contribution in [2.75, 3.05) is 22.9 Å². The van der Waals surface area contributed by atoms with Crippen LogP contribution in [0.1, 0.15) is 25.7 Å². The number of carbonyl (C=O) groups is 2. The lowest BCUT2D eigenvalue weighted by Crippen LogP contribution is -2.48. The number of fused-ring (bicyclic) bond motifs is 2. The highest BCUT2D eigenvalue weighted by Crippen LogP contribution is 2.51. The summed E-state index contributed by atoms with van der Waals surface area (Å²) < 4.78 is 20.7. The molecule has 8 heteroatoms. The van der Waals surface area contributed by atoms with Crippen molar-refractivity contribution in [3.8, 4) is 18.1 Å². The minimum absolute atomic E-state index is 0.0211. The van der Waals surface area contributed by atoms with Crippen molar-refractivity contribution >= 4 is 23.2 Å². The number of aliphatic hydroxyl groups excluding tert-OH is 1. The molecular formula is C19H18FN3O4. The van der Waals surface area contributed by atoms with Gasteiger partial charge >= 0.3 is 0 Å². The molecule has 1 spiro atoms. The van der Waals surface area contributed by atoms with Crippen LogP contribution in [-0.2, 0) is 9.59 Å². The number of benzene rings is 1. The standard InChI is InChI=1S/C19H18FN3O4/c1-2-7-21-14-10-13(23-16(24)12-4-3-8-22(12)18(23)26)11(20)9-15(14)27-19(5-6-19)17(21)25/h1,9-10,12,18,26H,3-8H2. The van der Waals surface area contributed by atoms with Crippen LogP contribution >= 0.6 is 0 Å². The molecule has 4 aliphatic rings. The van der Waals surface area contributed by atoms with Crippen molar-refractivity contribution in [3.63, 3.8) is 0 Å². The third kappa shape index (κ3) is 2.16. The maximum Gasteiger partial charge on any atom is 0.272 e. The first-order valence-electron chi connectivity index (χ1n) is 9.02. The molecule has 1 saturated carbocycles. The van der Waals surface area contributed by atoms with Crippen LogP contribution in [0.4, 0.5) is 15.8 Å². The number of hydrogen-bond acceptors (Lipinski definition) is 5. The second kappa shape index (κ2) is 5.44. The van der Waals surface area contributed by atoms with Crippen LogP contribution in [0.15, 0.2) is 12.1 Å². The normalized spacial score (nSPS) is 28.2. The molecule has 1 aliphatic carbocycles. The Hall–Kier alpha value is -2.63. The lowest BCUT2D eigenvalue weighted by atomic mass is 10.1. The molecule has 2 saturated heterocycles. The Balaban J connectivity index is 1.59. The summed E-state index contributed by atoms with van der Waals surface area (Å²) in [6, 6.07) is 2.10. The van der Waals surface area contributed by atoms with Gasteiger partial charge < -0.3 is 9.84 Å². The molecule has 1 N–H and O–H groups in total. The number of carbonyl (C=O) groups excluding carboxylic acids is 2. The van der Waals surface area contributed by atoms with E-state index in [1.54, 1.807) is 4.90 Å². The number of rotatable bonds is 2. The molecule has 1 aromatic carbocycles. The molecule has 2 amide bonds. The zero-order valence-corrected chi connectivity index (χ0v) is 14.5. The monoisotopic (exact) mass is 371 g/mol. The molecule has 2 atom stereocenters. The van der Waals surface area contributed by atoms with Crippen molar-refractivity contribution in [2.24, 2.45) is 0 Å². The van der Waals surface area contributed by atoms with Gasteiger partial charge in [0.2, 0.25) is 5.91 Å². The summed E-state index contributed by atoms with van der Waals surface area (Å²) >= 11 is 0. The van der Waals surface area contributed by atoms with E-state index < -0.39 is 23.8 Å². The van der Waals surface area contributed by atoms with Gasteiger partial charge in [0.1, 0.15) is 5.75 Å². The summed E-state index contributed by atoms with van der Waals surface area (Å²) in [7, 11) is 0. The van der Waals surface area contributed by atoms with Crippen molar-refractivity contribution < 1.29 is 23.8 Å². The summed E-state index contributed by atoms with van der Waals surface area (Å²) in [6.45, 7) is 0.598. The van der Waals surface area contributed by atoms with Crippen LogP contribution in [0.3, 0.4) is 0 Å². The summed E-state index contributed by atoms with van der Waals surface area (Å²) in [4.78, 5) is 29.6. The Morgan fingerprint density at radius 2 is 2.11 bits per heavy atom. The largest absolute Gasteiger partial charge is 0.475 e. The van der Waals surface area contributed by atoms with Crippen LogP contribution in [0.2, 0.25) is 0 Å². The number of ether oxygens (including phenoxy) is 1. The highest BCUT2D eigenvalue weighted by Gasteiger charge is 2.58. The number of hydrogen-bond donors (Lipinski definition) is 1. The van der Waals surface area contributed by atoms with E-state index in [-0.39, 0.29) is 29.8 Å². The smallest absolute Gasteiger partial charge is 0.272 e. The fraction of sp³-hybridized carbons (Fsp3) is 0.474. The van der Waals surface area contributed by atoms with E-state index in [2.05, 4.69) is 5.92 Å². The quantitative estimate of drug-likeness (QED) is 0.779. The number of amides is 2. The van der Waals surface area contributed by atoms with Crippen molar-refractivity contribution in [2.45, 2.75) is 43.7 Å². The van der Waals surface area contributed by atoms with Gasteiger partial charge in [-0.05, 0) is 18.9 Å². The second-order valence-electron chi connectivity index (χ2n) is 7.41. The second-order valence-corrected chi connectivity index (χ2v) is 7.41. The van der Waals surface area contributed by atoms with Crippen LogP contribution in [0.5, 0.6) is 5.75 Å². The van der Waals surface area contributed by atoms with Gasteiger partial charge in [0, 0.05) is 25.5 Å². The van der Waals surface area contributed by atoms with Gasteiger partial charge in [-0.3, -0.25) is 19.4 Å². The molecular weight excluding hydrogens is 353 g/mol. The lowest BCUT2D eigenvalue weighted by molar-refractivity contribution is -0.128. The van der Waals surface area contributed by atoms with Gasteiger partial charge in [-0.15, -0.1) is 6.42 Å². The molecule has 27 heavy (non-hydrogen) atoms. The molecule has 3 aliphatic heterocycles. The van der Waals surface area contributed by atoms with Gasteiger partial charge in [0.15, 0.2) is 17.8 Å². The summed E-state index contributed by atoms with van der Waals surface area (Å²) in [5.41, 5.74) is -0.700. The highest BCUT2D eigenvalue weighted by atomic mass is 19.1. The number of nitrogens with zero attached hydrogens (tertiary/aromatic N) is 3. The van der Waals surface area contributed by atoms with Crippen LogP contribution in [-0.4, -0.2) is 52.9 Å².